The van der Waals surface area contributed by atoms with Crippen LogP contribution in [0.3, 0.4) is 0 Å². The Bertz CT molecular complexity index is 713. The molecule has 0 amide bonds. The summed E-state index contributed by atoms with van der Waals surface area (Å²) in [6.07, 6.45) is 0. The second-order valence-electron chi connectivity index (χ2n) is 3.99. The predicted molar refractivity (Wildman–Crippen MR) is 74.7 cm³/mol. The van der Waals surface area contributed by atoms with Crippen molar-refractivity contribution in [3.8, 4) is 5.75 Å². The minimum absolute atomic E-state index is 0.0255. The number of benzene rings is 1. The van der Waals surface area contributed by atoms with Crippen molar-refractivity contribution in [3.05, 3.63) is 46.2 Å². The number of aryl methyl sites for hydroxylation is 1. The first-order valence-electron chi connectivity index (χ1n) is 5.59. The van der Waals surface area contributed by atoms with Crippen molar-refractivity contribution < 1.29 is 22.1 Å². The van der Waals surface area contributed by atoms with Crippen molar-refractivity contribution in [3.63, 3.8) is 0 Å². The van der Waals surface area contributed by atoms with E-state index < -0.39 is 16.1 Å². The molecule has 2 aromatic rings. The molecule has 1 heterocycles. The van der Waals surface area contributed by atoms with Gasteiger partial charge in [0.2, 0.25) is 0 Å². The number of ether oxygens (including phenoxy) is 1. The van der Waals surface area contributed by atoms with Crippen LogP contribution in [-0.2, 0) is 14.9 Å². The standard InChI is InChI=1S/C13H12O5S2/c1-9-3-5-10(6-4-9)20(15,16)18-12-8-19-7-11(12)13(14)17-2/h3-8H,1-2H3. The summed E-state index contributed by atoms with van der Waals surface area (Å²) in [6.45, 7) is 1.85. The minimum Gasteiger partial charge on any atom is -0.465 e. The van der Waals surface area contributed by atoms with E-state index in [1.807, 2.05) is 6.92 Å². The van der Waals surface area contributed by atoms with Gasteiger partial charge in [0.15, 0.2) is 5.75 Å². The van der Waals surface area contributed by atoms with Gasteiger partial charge in [-0.3, -0.25) is 0 Å². The Morgan fingerprint density at radius 3 is 2.40 bits per heavy atom. The Kier molecular flexibility index (Phi) is 4.10. The van der Waals surface area contributed by atoms with Crippen LogP contribution in [0.15, 0.2) is 39.9 Å². The average Bonchev–Trinajstić information content (AvgIpc) is 2.85. The molecule has 0 spiro atoms. The summed E-state index contributed by atoms with van der Waals surface area (Å²) >= 11 is 1.16. The third-order valence-corrected chi connectivity index (χ3v) is 4.51. The molecule has 0 unspecified atom stereocenters. The molecule has 0 fully saturated rings. The highest BCUT2D eigenvalue weighted by atomic mass is 32.2. The van der Waals surface area contributed by atoms with Crippen molar-refractivity contribution in [1.82, 2.24) is 0 Å². The maximum atomic E-state index is 12.1. The number of rotatable bonds is 4. The van der Waals surface area contributed by atoms with Crippen LogP contribution in [0.1, 0.15) is 15.9 Å². The van der Waals surface area contributed by atoms with E-state index in [1.54, 1.807) is 12.1 Å². The maximum absolute atomic E-state index is 12.1. The molecule has 0 aliphatic heterocycles. The lowest BCUT2D eigenvalue weighted by atomic mass is 10.2. The molecule has 7 heteroatoms. The van der Waals surface area contributed by atoms with Crippen molar-refractivity contribution >= 4 is 27.4 Å². The molecule has 5 nitrogen and oxygen atoms in total. The molecule has 106 valence electrons. The van der Waals surface area contributed by atoms with Crippen molar-refractivity contribution in [2.45, 2.75) is 11.8 Å². The highest BCUT2D eigenvalue weighted by Gasteiger charge is 2.22. The van der Waals surface area contributed by atoms with Crippen LogP contribution in [0, 0.1) is 6.92 Å². The van der Waals surface area contributed by atoms with Gasteiger partial charge in [-0.2, -0.15) is 8.42 Å². The zero-order valence-electron chi connectivity index (χ0n) is 10.8. The van der Waals surface area contributed by atoms with Gasteiger partial charge in [0, 0.05) is 10.8 Å². The van der Waals surface area contributed by atoms with Crippen LogP contribution >= 0.6 is 11.3 Å². The molecular formula is C13H12O5S2. The van der Waals surface area contributed by atoms with Crippen molar-refractivity contribution in [2.24, 2.45) is 0 Å². The fourth-order valence-corrected chi connectivity index (χ4v) is 3.20. The second-order valence-corrected chi connectivity index (χ2v) is 6.28. The monoisotopic (exact) mass is 312 g/mol. The molecule has 20 heavy (non-hydrogen) atoms. The Hall–Kier alpha value is -1.86. The summed E-state index contributed by atoms with van der Waals surface area (Å²) in [7, 11) is -2.74. The number of thiophene rings is 1. The van der Waals surface area contributed by atoms with Gasteiger partial charge in [0.05, 0.1) is 7.11 Å². The van der Waals surface area contributed by atoms with Gasteiger partial charge in [-0.1, -0.05) is 17.7 Å². The van der Waals surface area contributed by atoms with Crippen molar-refractivity contribution in [1.29, 1.82) is 0 Å². The largest absolute Gasteiger partial charge is 0.465 e. The van der Waals surface area contributed by atoms with Gasteiger partial charge in [0.1, 0.15) is 10.5 Å². The molecule has 1 aromatic carbocycles. The predicted octanol–water partition coefficient (Wildman–Crippen LogP) is 2.61. The van der Waals surface area contributed by atoms with E-state index in [2.05, 4.69) is 4.74 Å². The molecule has 0 bridgehead atoms. The Morgan fingerprint density at radius 1 is 1.15 bits per heavy atom. The van der Waals surface area contributed by atoms with Gasteiger partial charge in [-0.25, -0.2) is 4.79 Å². The summed E-state index contributed by atoms with van der Waals surface area (Å²) in [5.41, 5.74) is 1.03. The molecule has 2 rings (SSSR count). The van der Waals surface area contributed by atoms with E-state index >= 15 is 0 Å². The van der Waals surface area contributed by atoms with E-state index in [1.165, 1.54) is 30.0 Å². The molecule has 0 N–H and O–H groups in total. The minimum atomic E-state index is -3.97. The zero-order chi connectivity index (χ0) is 14.8. The van der Waals surface area contributed by atoms with Gasteiger partial charge in [-0.05, 0) is 19.1 Å². The first-order chi connectivity index (χ1) is 9.44. The molecular weight excluding hydrogens is 300 g/mol. The lowest BCUT2D eigenvalue weighted by molar-refractivity contribution is 0.0599. The number of carbonyl (C=O) groups excluding carboxylic acids is 1. The summed E-state index contributed by atoms with van der Waals surface area (Å²) < 4.78 is 33.8. The average molecular weight is 312 g/mol. The van der Waals surface area contributed by atoms with E-state index in [-0.39, 0.29) is 16.2 Å². The molecule has 0 atom stereocenters. The lowest BCUT2D eigenvalue weighted by Crippen LogP contribution is -2.11. The van der Waals surface area contributed by atoms with E-state index in [0.29, 0.717) is 0 Å². The smallest absolute Gasteiger partial charge is 0.342 e. The lowest BCUT2D eigenvalue weighted by Gasteiger charge is -2.07. The Morgan fingerprint density at radius 2 is 1.80 bits per heavy atom. The molecule has 0 radical (unpaired) electrons. The van der Waals surface area contributed by atoms with Crippen LogP contribution in [0.25, 0.3) is 0 Å². The van der Waals surface area contributed by atoms with Gasteiger partial charge in [0.25, 0.3) is 0 Å². The summed E-state index contributed by atoms with van der Waals surface area (Å²) in [6, 6.07) is 6.25. The number of hydrogen-bond donors (Lipinski definition) is 0. The summed E-state index contributed by atoms with van der Waals surface area (Å²) in [5, 5.41) is 2.92. The topological polar surface area (TPSA) is 69.7 Å². The second kappa shape index (κ2) is 5.64. The fraction of sp³-hybridized carbons (Fsp3) is 0.154. The third kappa shape index (κ3) is 3.00. The Labute approximate surface area is 120 Å². The number of carbonyl (C=O) groups is 1. The highest BCUT2D eigenvalue weighted by Crippen LogP contribution is 2.27. The van der Waals surface area contributed by atoms with Crippen LogP contribution in [-0.4, -0.2) is 21.5 Å². The Balaban J connectivity index is 2.32. The summed E-state index contributed by atoms with van der Waals surface area (Å²) in [5.74, 6) is -0.664. The number of esters is 1. The fourth-order valence-electron chi connectivity index (χ4n) is 1.48. The first-order valence-corrected chi connectivity index (χ1v) is 7.95. The number of methoxy groups -OCH3 is 1. The first kappa shape index (κ1) is 14.5. The molecule has 0 aliphatic carbocycles. The molecule has 0 saturated carbocycles. The molecule has 0 aliphatic rings. The van der Waals surface area contributed by atoms with Crippen LogP contribution < -0.4 is 4.18 Å². The molecule has 1 aromatic heterocycles. The van der Waals surface area contributed by atoms with Gasteiger partial charge < -0.3 is 8.92 Å². The van der Waals surface area contributed by atoms with Gasteiger partial charge >= 0.3 is 16.1 Å². The highest BCUT2D eigenvalue weighted by molar-refractivity contribution is 7.87. The van der Waals surface area contributed by atoms with Crippen LogP contribution in [0.2, 0.25) is 0 Å². The summed E-state index contributed by atoms with van der Waals surface area (Å²) in [4.78, 5) is 11.5. The third-order valence-electron chi connectivity index (χ3n) is 2.54. The van der Waals surface area contributed by atoms with E-state index in [9.17, 15) is 13.2 Å². The normalized spacial score (nSPS) is 11.1. The van der Waals surface area contributed by atoms with Crippen LogP contribution in [0.5, 0.6) is 5.75 Å². The van der Waals surface area contributed by atoms with Crippen molar-refractivity contribution in [2.75, 3.05) is 7.11 Å². The maximum Gasteiger partial charge on any atom is 0.342 e. The zero-order valence-corrected chi connectivity index (χ0v) is 12.5. The SMILES string of the molecule is COC(=O)c1cscc1OS(=O)(=O)c1ccc(C)cc1. The quantitative estimate of drug-likeness (QED) is 0.641. The van der Waals surface area contributed by atoms with E-state index in [0.717, 1.165) is 16.9 Å². The van der Waals surface area contributed by atoms with Crippen LogP contribution in [0.4, 0.5) is 0 Å². The number of hydrogen-bond acceptors (Lipinski definition) is 6. The molecule has 0 saturated heterocycles. The van der Waals surface area contributed by atoms with Gasteiger partial charge in [-0.15, -0.1) is 11.3 Å². The van der Waals surface area contributed by atoms with E-state index in [4.69, 9.17) is 4.18 Å².